The molecule has 0 bridgehead atoms. The molecule has 0 aliphatic rings. The monoisotopic (exact) mass is 418 g/mol. The number of carbonyl (C=O) groups excluding carboxylic acids is 1. The van der Waals surface area contributed by atoms with Gasteiger partial charge in [0, 0.05) is 12.8 Å². The molecule has 1 unspecified atom stereocenters. The number of halogens is 4. The van der Waals surface area contributed by atoms with E-state index in [0.717, 1.165) is 10.8 Å². The van der Waals surface area contributed by atoms with Crippen LogP contribution >= 0.6 is 22.6 Å². The molecular weight excluding hydrogens is 404 g/mol. The molecule has 0 aromatic rings. The summed E-state index contributed by atoms with van der Waals surface area (Å²) in [6, 6.07) is 0. The van der Waals surface area contributed by atoms with Gasteiger partial charge in [0.05, 0.1) is 6.61 Å². The summed E-state index contributed by atoms with van der Waals surface area (Å²) in [7, 11) is -5.82. The average Bonchev–Trinajstić information content (AvgIpc) is 2.27. The van der Waals surface area contributed by atoms with Gasteiger partial charge in [0.2, 0.25) is 0 Å². The van der Waals surface area contributed by atoms with Crippen molar-refractivity contribution in [3.8, 4) is 0 Å². The maximum absolute atomic E-state index is 13.0. The Labute approximate surface area is 122 Å². The maximum atomic E-state index is 13.0. The minimum Gasteiger partial charge on any atom is -0.466 e. The lowest BCUT2D eigenvalue weighted by atomic mass is 10.2. The smallest absolute Gasteiger partial charge is 0.400 e. The van der Waals surface area contributed by atoms with Crippen molar-refractivity contribution in [2.45, 2.75) is 37.1 Å². The van der Waals surface area contributed by atoms with E-state index in [1.54, 1.807) is 0 Å². The second-order valence-corrected chi connectivity index (χ2v) is 6.23. The van der Waals surface area contributed by atoms with E-state index in [2.05, 4.69) is 27.3 Å². The second-order valence-electron chi connectivity index (χ2n) is 3.66. The van der Waals surface area contributed by atoms with Gasteiger partial charge in [-0.3, -0.25) is 9.35 Å². The van der Waals surface area contributed by atoms with Crippen LogP contribution in [0.2, 0.25) is 0 Å². The first-order chi connectivity index (χ1) is 8.63. The minimum absolute atomic E-state index is 0.0919. The number of unbranched alkanes of at least 4 members (excludes halogenated alkanes) is 1. The fourth-order valence-electron chi connectivity index (χ4n) is 1.04. The zero-order valence-corrected chi connectivity index (χ0v) is 12.8. The van der Waals surface area contributed by atoms with Gasteiger partial charge in [0.15, 0.2) is 6.17 Å². The molecule has 0 saturated carbocycles. The van der Waals surface area contributed by atoms with Crippen molar-refractivity contribution in [3.63, 3.8) is 0 Å². The van der Waals surface area contributed by atoms with Gasteiger partial charge < -0.3 is 4.74 Å². The van der Waals surface area contributed by atoms with Crippen LogP contribution in [0.3, 0.4) is 0 Å². The Morgan fingerprint density at radius 2 is 1.95 bits per heavy atom. The zero-order valence-electron chi connectivity index (χ0n) is 9.82. The Morgan fingerprint density at radius 3 is 2.42 bits per heavy atom. The Morgan fingerprint density at radius 1 is 1.37 bits per heavy atom. The van der Waals surface area contributed by atoms with Gasteiger partial charge in [-0.1, -0.05) is 22.6 Å². The third-order valence-electron chi connectivity index (χ3n) is 2.11. The first-order valence-corrected chi connectivity index (χ1v) is 8.30. The number of hydrogen-bond acceptors (Lipinski definition) is 4. The predicted octanol–water partition coefficient (Wildman–Crippen LogP) is 2.34. The standard InChI is InChI=1S/C9H14F3IO5S/c10-7(9(11,12)19(15,16)17)4-6-18-8(14)3-1-2-5-13/h7H,1-6H2,(H,15,16,17). The Kier molecular flexibility index (Phi) is 8.20. The molecule has 0 heterocycles. The van der Waals surface area contributed by atoms with E-state index in [-0.39, 0.29) is 6.42 Å². The molecule has 0 aliphatic carbocycles. The first-order valence-electron chi connectivity index (χ1n) is 5.33. The summed E-state index contributed by atoms with van der Waals surface area (Å²) >= 11 is 2.12. The lowest BCUT2D eigenvalue weighted by Crippen LogP contribution is -2.39. The molecule has 0 aliphatic heterocycles. The molecule has 0 spiro atoms. The molecule has 0 fully saturated rings. The van der Waals surface area contributed by atoms with E-state index in [0.29, 0.717) is 6.42 Å². The van der Waals surface area contributed by atoms with Crippen molar-refractivity contribution >= 4 is 38.7 Å². The number of hydrogen-bond donors (Lipinski definition) is 1. The lowest BCUT2D eigenvalue weighted by molar-refractivity contribution is -0.144. The molecule has 0 aromatic carbocycles. The molecule has 10 heteroatoms. The summed E-state index contributed by atoms with van der Waals surface area (Å²) in [6.45, 7) is -0.671. The lowest BCUT2D eigenvalue weighted by Gasteiger charge is -2.17. The van der Waals surface area contributed by atoms with Gasteiger partial charge in [0.1, 0.15) is 0 Å². The van der Waals surface area contributed by atoms with Gasteiger partial charge in [-0.05, 0) is 17.3 Å². The van der Waals surface area contributed by atoms with E-state index in [1.807, 2.05) is 0 Å². The van der Waals surface area contributed by atoms with E-state index < -0.39 is 40.5 Å². The molecule has 1 atom stereocenters. The number of carbonyl (C=O) groups is 1. The van der Waals surface area contributed by atoms with Crippen LogP contribution < -0.4 is 0 Å². The Balaban J connectivity index is 4.05. The molecule has 0 aromatic heterocycles. The van der Waals surface area contributed by atoms with Gasteiger partial charge in [-0.15, -0.1) is 0 Å². The quantitative estimate of drug-likeness (QED) is 0.205. The summed E-state index contributed by atoms with van der Waals surface area (Å²) in [5.41, 5.74) is 0. The highest BCUT2D eigenvalue weighted by Crippen LogP contribution is 2.29. The van der Waals surface area contributed by atoms with Crippen molar-refractivity contribution in [1.82, 2.24) is 0 Å². The summed E-state index contributed by atoms with van der Waals surface area (Å²) in [6.07, 6.45) is -2.69. The maximum Gasteiger partial charge on any atom is 0.400 e. The summed E-state index contributed by atoms with van der Waals surface area (Å²) < 4.78 is 72.4. The highest BCUT2D eigenvalue weighted by molar-refractivity contribution is 14.1. The molecule has 5 nitrogen and oxygen atoms in total. The van der Waals surface area contributed by atoms with Crippen molar-refractivity contribution in [2.75, 3.05) is 11.0 Å². The summed E-state index contributed by atoms with van der Waals surface area (Å²) in [5.74, 6) is -0.660. The fourth-order valence-corrected chi connectivity index (χ4v) is 2.02. The van der Waals surface area contributed by atoms with Crippen LogP contribution in [0, 0.1) is 0 Å². The van der Waals surface area contributed by atoms with E-state index in [1.165, 1.54) is 0 Å². The summed E-state index contributed by atoms with van der Waals surface area (Å²) in [4.78, 5) is 11.0. The molecule has 0 rings (SSSR count). The molecule has 0 saturated heterocycles. The van der Waals surface area contributed by atoms with Crippen LogP contribution in [0.25, 0.3) is 0 Å². The van der Waals surface area contributed by atoms with Crippen LogP contribution in [-0.4, -0.2) is 41.4 Å². The fraction of sp³-hybridized carbons (Fsp3) is 0.889. The first kappa shape index (κ1) is 18.9. The third kappa shape index (κ3) is 6.75. The van der Waals surface area contributed by atoms with Crippen LogP contribution in [0.1, 0.15) is 25.7 Å². The SMILES string of the molecule is O=C(CCCCI)OCCC(F)C(F)(F)S(=O)(=O)O. The highest BCUT2D eigenvalue weighted by Gasteiger charge is 2.52. The number of esters is 1. The van der Waals surface area contributed by atoms with E-state index in [4.69, 9.17) is 4.55 Å². The van der Waals surface area contributed by atoms with Gasteiger partial charge in [-0.25, -0.2) is 4.39 Å². The average molecular weight is 418 g/mol. The normalized spacial score (nSPS) is 14.2. The number of alkyl halides is 4. The second kappa shape index (κ2) is 8.25. The molecule has 0 radical (unpaired) electrons. The van der Waals surface area contributed by atoms with Crippen LogP contribution in [0.5, 0.6) is 0 Å². The van der Waals surface area contributed by atoms with Crippen molar-refractivity contribution in [2.24, 2.45) is 0 Å². The largest absolute Gasteiger partial charge is 0.466 e. The summed E-state index contributed by atoms with van der Waals surface area (Å²) in [5, 5.41) is -4.90. The number of ether oxygens (including phenoxy) is 1. The molecule has 114 valence electrons. The Bertz CT molecular complexity index is 387. The van der Waals surface area contributed by atoms with Crippen LogP contribution in [-0.2, 0) is 19.6 Å². The molecule has 19 heavy (non-hydrogen) atoms. The highest BCUT2D eigenvalue weighted by atomic mass is 127. The predicted molar refractivity (Wildman–Crippen MR) is 69.7 cm³/mol. The third-order valence-corrected chi connectivity index (χ3v) is 3.81. The van der Waals surface area contributed by atoms with Crippen LogP contribution in [0.15, 0.2) is 0 Å². The Hall–Kier alpha value is -0.100. The number of rotatable bonds is 9. The molecule has 1 N–H and O–H groups in total. The minimum atomic E-state index is -5.82. The van der Waals surface area contributed by atoms with Crippen molar-refractivity contribution < 1.29 is 35.7 Å². The van der Waals surface area contributed by atoms with Crippen molar-refractivity contribution in [1.29, 1.82) is 0 Å². The van der Waals surface area contributed by atoms with Gasteiger partial charge in [0.25, 0.3) is 0 Å². The molecule has 0 amide bonds. The zero-order chi connectivity index (χ0) is 15.1. The van der Waals surface area contributed by atoms with Crippen LogP contribution in [0.4, 0.5) is 13.2 Å². The van der Waals surface area contributed by atoms with E-state index >= 15 is 0 Å². The van der Waals surface area contributed by atoms with Gasteiger partial charge in [-0.2, -0.15) is 17.2 Å². The topological polar surface area (TPSA) is 80.7 Å². The van der Waals surface area contributed by atoms with E-state index in [9.17, 15) is 26.4 Å². The van der Waals surface area contributed by atoms with Gasteiger partial charge >= 0.3 is 21.3 Å². The van der Waals surface area contributed by atoms with Crippen molar-refractivity contribution in [3.05, 3.63) is 0 Å². The molecular formula is C9H14F3IO5S.